The highest BCUT2D eigenvalue weighted by molar-refractivity contribution is 5.96. The maximum absolute atomic E-state index is 12.8. The molecule has 0 saturated carbocycles. The van der Waals surface area contributed by atoms with E-state index in [1.54, 1.807) is 25.0 Å². The number of carbonyl (C=O) groups is 2. The number of ether oxygens (including phenoxy) is 2. The van der Waals surface area contributed by atoms with Gasteiger partial charge in [-0.2, -0.15) is 0 Å². The minimum atomic E-state index is -0.307. The molecule has 2 saturated heterocycles. The molecule has 2 aliphatic heterocycles. The Balaban J connectivity index is 1.19. The molecule has 11 heteroatoms. The molecule has 184 valence electrons. The molecule has 2 aromatic rings. The first kappa shape index (κ1) is 24.0. The molecule has 0 aliphatic carbocycles. The maximum Gasteiger partial charge on any atom is 0.261 e. The zero-order valence-electron chi connectivity index (χ0n) is 19.9. The van der Waals surface area contributed by atoms with Gasteiger partial charge in [-0.3, -0.25) is 19.2 Å². The number of nitrogens with zero attached hydrogens (tertiary/aromatic N) is 4. The number of rotatable bonds is 8. The Morgan fingerprint density at radius 1 is 1.12 bits per heavy atom. The van der Waals surface area contributed by atoms with Crippen molar-refractivity contribution in [2.75, 3.05) is 53.5 Å². The van der Waals surface area contributed by atoms with E-state index in [-0.39, 0.29) is 23.9 Å². The molecule has 2 aliphatic rings. The third kappa shape index (κ3) is 5.32. The van der Waals surface area contributed by atoms with Crippen LogP contribution in [0.5, 0.6) is 11.6 Å². The molecular weight excluding hydrogens is 438 g/mol. The topological polar surface area (TPSA) is 113 Å². The predicted octanol–water partition coefficient (Wildman–Crippen LogP) is -0.0809. The summed E-state index contributed by atoms with van der Waals surface area (Å²) in [5.41, 5.74) is 7.81. The lowest BCUT2D eigenvalue weighted by Crippen LogP contribution is -2.51. The van der Waals surface area contributed by atoms with E-state index in [0.717, 1.165) is 30.9 Å². The van der Waals surface area contributed by atoms with Crippen LogP contribution >= 0.6 is 0 Å². The summed E-state index contributed by atoms with van der Waals surface area (Å²) in [6.07, 6.45) is 2.33. The summed E-state index contributed by atoms with van der Waals surface area (Å²) in [7, 11) is 4.93. The molecule has 2 unspecified atom stereocenters. The van der Waals surface area contributed by atoms with Crippen molar-refractivity contribution >= 4 is 11.8 Å². The van der Waals surface area contributed by atoms with Gasteiger partial charge < -0.3 is 19.7 Å². The average molecular weight is 472 g/mol. The van der Waals surface area contributed by atoms with Crippen LogP contribution < -0.4 is 25.6 Å². The first-order valence-electron chi connectivity index (χ1n) is 11.5. The summed E-state index contributed by atoms with van der Waals surface area (Å²) in [6, 6.07) is 7.53. The standard InChI is InChI=1S/C23H33N7O4/c1-28-15-17(22(27-28)34-3)23(32)30-12-10-29(11-13-30)9-8-24-21(31)19-14-18(25-26-19)16-6-4-5-7-20(16)33-2/h4-7,15,18-19,25-26H,8-14H2,1-3H3,(H,24,31). The maximum atomic E-state index is 12.8. The molecule has 2 amide bonds. The van der Waals surface area contributed by atoms with Gasteiger partial charge in [-0.1, -0.05) is 18.2 Å². The lowest BCUT2D eigenvalue weighted by atomic mass is 10.0. The highest BCUT2D eigenvalue weighted by atomic mass is 16.5. The van der Waals surface area contributed by atoms with E-state index >= 15 is 0 Å². The molecular formula is C23H33N7O4. The van der Waals surface area contributed by atoms with Crippen molar-refractivity contribution in [1.29, 1.82) is 0 Å². The van der Waals surface area contributed by atoms with Crippen molar-refractivity contribution in [3.63, 3.8) is 0 Å². The molecule has 4 rings (SSSR count). The summed E-state index contributed by atoms with van der Waals surface area (Å²) in [5, 5.41) is 7.19. The highest BCUT2D eigenvalue weighted by Gasteiger charge is 2.31. The number of piperazine rings is 1. The SMILES string of the molecule is COc1ccccc1C1CC(C(=O)NCCN2CCN(C(=O)c3cn(C)nc3OC)CC2)NN1. The van der Waals surface area contributed by atoms with Crippen LogP contribution in [0.3, 0.4) is 0 Å². The van der Waals surface area contributed by atoms with Gasteiger partial charge in [-0.25, -0.2) is 10.9 Å². The first-order chi connectivity index (χ1) is 16.5. The molecule has 1 aromatic carbocycles. The molecule has 0 radical (unpaired) electrons. The average Bonchev–Trinajstić information content (AvgIpc) is 3.51. The lowest BCUT2D eigenvalue weighted by Gasteiger charge is -2.34. The Morgan fingerprint density at radius 3 is 2.62 bits per heavy atom. The van der Waals surface area contributed by atoms with Crippen LogP contribution in [-0.4, -0.2) is 90.9 Å². The van der Waals surface area contributed by atoms with Crippen LogP contribution in [-0.2, 0) is 11.8 Å². The largest absolute Gasteiger partial charge is 0.496 e. The number of aromatic nitrogens is 2. The summed E-state index contributed by atoms with van der Waals surface area (Å²) >= 11 is 0. The second kappa shape index (κ2) is 10.9. The monoisotopic (exact) mass is 471 g/mol. The zero-order valence-corrected chi connectivity index (χ0v) is 19.9. The van der Waals surface area contributed by atoms with Gasteiger partial charge in [0.1, 0.15) is 17.4 Å². The van der Waals surface area contributed by atoms with Crippen molar-refractivity contribution < 1.29 is 19.1 Å². The van der Waals surface area contributed by atoms with E-state index in [9.17, 15) is 9.59 Å². The van der Waals surface area contributed by atoms with Crippen LogP contribution in [0, 0.1) is 0 Å². The van der Waals surface area contributed by atoms with Gasteiger partial charge in [0.15, 0.2) is 0 Å². The van der Waals surface area contributed by atoms with Crippen molar-refractivity contribution in [3.8, 4) is 11.6 Å². The normalized spacial score (nSPS) is 20.9. The van der Waals surface area contributed by atoms with Gasteiger partial charge in [0.25, 0.3) is 5.91 Å². The number of benzene rings is 1. The molecule has 11 nitrogen and oxygen atoms in total. The van der Waals surface area contributed by atoms with Crippen molar-refractivity contribution in [1.82, 2.24) is 35.7 Å². The number of carbonyl (C=O) groups excluding carboxylic acids is 2. The van der Waals surface area contributed by atoms with Gasteiger partial charge in [-0.05, 0) is 12.5 Å². The molecule has 0 bridgehead atoms. The van der Waals surface area contributed by atoms with Crippen molar-refractivity contribution in [3.05, 3.63) is 41.6 Å². The molecule has 3 N–H and O–H groups in total. The number of aryl methyl sites for hydroxylation is 1. The van der Waals surface area contributed by atoms with Gasteiger partial charge in [0, 0.05) is 58.1 Å². The molecule has 0 spiro atoms. The Hall–Kier alpha value is -3.15. The zero-order chi connectivity index (χ0) is 24.1. The van der Waals surface area contributed by atoms with Crippen LogP contribution in [0.4, 0.5) is 0 Å². The Morgan fingerprint density at radius 2 is 1.88 bits per heavy atom. The second-order valence-corrected chi connectivity index (χ2v) is 8.52. The number of hydrogen-bond donors (Lipinski definition) is 3. The number of amides is 2. The first-order valence-corrected chi connectivity index (χ1v) is 11.5. The quantitative estimate of drug-likeness (QED) is 0.490. The minimum Gasteiger partial charge on any atom is -0.496 e. The van der Waals surface area contributed by atoms with E-state index in [0.29, 0.717) is 37.5 Å². The van der Waals surface area contributed by atoms with Crippen LogP contribution in [0.15, 0.2) is 30.5 Å². The van der Waals surface area contributed by atoms with Crippen LogP contribution in [0.25, 0.3) is 0 Å². The van der Waals surface area contributed by atoms with Gasteiger partial charge in [-0.15, -0.1) is 5.10 Å². The predicted molar refractivity (Wildman–Crippen MR) is 126 cm³/mol. The Kier molecular flexibility index (Phi) is 7.66. The number of hydrogen-bond acceptors (Lipinski definition) is 8. The Labute approximate surface area is 199 Å². The van der Waals surface area contributed by atoms with E-state index in [1.165, 1.54) is 7.11 Å². The summed E-state index contributed by atoms with van der Waals surface area (Å²) in [4.78, 5) is 29.5. The van der Waals surface area contributed by atoms with Crippen molar-refractivity contribution in [2.24, 2.45) is 7.05 Å². The fraction of sp³-hybridized carbons (Fsp3) is 0.522. The van der Waals surface area contributed by atoms with E-state index < -0.39 is 0 Å². The number of para-hydroxylation sites is 1. The number of methoxy groups -OCH3 is 2. The second-order valence-electron chi connectivity index (χ2n) is 8.52. The summed E-state index contributed by atoms with van der Waals surface area (Å²) in [5.74, 6) is 1.06. The molecule has 1 aromatic heterocycles. The van der Waals surface area contributed by atoms with E-state index in [4.69, 9.17) is 9.47 Å². The van der Waals surface area contributed by atoms with E-state index in [1.807, 2.05) is 29.2 Å². The van der Waals surface area contributed by atoms with Crippen LogP contribution in [0.1, 0.15) is 28.4 Å². The highest BCUT2D eigenvalue weighted by Crippen LogP contribution is 2.29. The number of hydrazine groups is 1. The summed E-state index contributed by atoms with van der Waals surface area (Å²) < 4.78 is 12.2. The summed E-state index contributed by atoms with van der Waals surface area (Å²) in [6.45, 7) is 4.05. The molecule has 2 fully saturated rings. The molecule has 3 heterocycles. The molecule has 2 atom stereocenters. The fourth-order valence-corrected chi connectivity index (χ4v) is 4.46. The minimum absolute atomic E-state index is 0.0101. The third-order valence-electron chi connectivity index (χ3n) is 6.34. The van der Waals surface area contributed by atoms with Crippen molar-refractivity contribution in [2.45, 2.75) is 18.5 Å². The van der Waals surface area contributed by atoms with Gasteiger partial charge in [0.2, 0.25) is 11.8 Å². The van der Waals surface area contributed by atoms with E-state index in [2.05, 4.69) is 26.2 Å². The smallest absolute Gasteiger partial charge is 0.261 e. The molecule has 34 heavy (non-hydrogen) atoms. The lowest BCUT2D eigenvalue weighted by molar-refractivity contribution is -0.122. The Bertz CT molecular complexity index is 1000. The fourth-order valence-electron chi connectivity index (χ4n) is 4.46. The van der Waals surface area contributed by atoms with Crippen LogP contribution in [0.2, 0.25) is 0 Å². The number of nitrogens with one attached hydrogen (secondary N) is 3. The third-order valence-corrected chi connectivity index (χ3v) is 6.34. The van der Waals surface area contributed by atoms with Gasteiger partial charge >= 0.3 is 0 Å². The van der Waals surface area contributed by atoms with Gasteiger partial charge in [0.05, 0.1) is 20.3 Å².